The Bertz CT molecular complexity index is 1550. The summed E-state index contributed by atoms with van der Waals surface area (Å²) in [4.78, 5) is 25.9. The van der Waals surface area contributed by atoms with Gasteiger partial charge >= 0.3 is 11.9 Å². The van der Waals surface area contributed by atoms with Crippen LogP contribution in [-0.2, 0) is 16.1 Å². The molecule has 8 nitrogen and oxygen atoms in total. The van der Waals surface area contributed by atoms with E-state index >= 15 is 0 Å². The number of hydrogen-bond acceptors (Lipinski definition) is 7. The number of ether oxygens (including phenoxy) is 4. The number of rotatable bonds is 9. The SMILES string of the molecule is COC(=O)c1c(-c2ccc(OC)c(COc3cc(C)c(Cl)cc3C(C)C)c2)nn(-c2ccccc2)c1C(=O)OC. The minimum atomic E-state index is -0.723. The van der Waals surface area contributed by atoms with E-state index < -0.39 is 11.9 Å². The molecular formula is C31H31ClN2O6. The van der Waals surface area contributed by atoms with Crippen LogP contribution in [0.1, 0.15) is 57.3 Å². The Morgan fingerprint density at radius 3 is 2.25 bits per heavy atom. The number of hydrogen-bond donors (Lipinski definition) is 0. The van der Waals surface area contributed by atoms with Crippen LogP contribution in [0.25, 0.3) is 16.9 Å². The second-order valence-electron chi connectivity index (χ2n) is 9.41. The molecule has 3 aromatic carbocycles. The zero-order chi connectivity index (χ0) is 29.0. The lowest BCUT2D eigenvalue weighted by Gasteiger charge is -2.17. The van der Waals surface area contributed by atoms with Gasteiger partial charge in [0, 0.05) is 16.1 Å². The number of aromatic nitrogens is 2. The molecule has 9 heteroatoms. The molecule has 0 spiro atoms. The van der Waals surface area contributed by atoms with Gasteiger partial charge in [-0.25, -0.2) is 14.3 Å². The predicted octanol–water partition coefficient (Wildman–Crippen LogP) is 6.79. The van der Waals surface area contributed by atoms with Crippen LogP contribution in [0.4, 0.5) is 0 Å². The molecule has 0 amide bonds. The van der Waals surface area contributed by atoms with E-state index in [4.69, 9.17) is 30.5 Å². The van der Waals surface area contributed by atoms with Crippen molar-refractivity contribution in [3.63, 3.8) is 0 Å². The Balaban J connectivity index is 1.84. The van der Waals surface area contributed by atoms with Gasteiger partial charge in [-0.15, -0.1) is 0 Å². The third-order valence-corrected chi connectivity index (χ3v) is 6.91. The summed E-state index contributed by atoms with van der Waals surface area (Å²) in [6.07, 6.45) is 0. The van der Waals surface area contributed by atoms with Crippen molar-refractivity contribution in [3.8, 4) is 28.4 Å². The van der Waals surface area contributed by atoms with Gasteiger partial charge in [-0.1, -0.05) is 43.6 Å². The summed E-state index contributed by atoms with van der Waals surface area (Å²) in [5.74, 6) is 0.0724. The van der Waals surface area contributed by atoms with Crippen LogP contribution >= 0.6 is 11.6 Å². The van der Waals surface area contributed by atoms with Gasteiger partial charge in [0.05, 0.1) is 27.0 Å². The number of nitrogens with zero attached hydrogens (tertiary/aromatic N) is 2. The summed E-state index contributed by atoms with van der Waals surface area (Å²) < 4.78 is 23.4. The first kappa shape index (κ1) is 28.7. The molecule has 0 aliphatic rings. The highest BCUT2D eigenvalue weighted by molar-refractivity contribution is 6.31. The number of benzene rings is 3. The Hall–Kier alpha value is -4.30. The second kappa shape index (κ2) is 12.3. The van der Waals surface area contributed by atoms with Gasteiger partial charge in [0.15, 0.2) is 5.69 Å². The Kier molecular flexibility index (Phi) is 8.80. The fourth-order valence-electron chi connectivity index (χ4n) is 4.40. The third kappa shape index (κ3) is 5.67. The standard InChI is InChI=1S/C31H31ClN2O6/c1-18(2)23-16-24(32)19(3)14-26(23)40-17-21-15-20(12-13-25(21)37-4)28-27(30(35)38-5)29(31(36)39-6)34(33-28)22-10-8-7-9-11-22/h7-16,18H,17H2,1-6H3. The minimum Gasteiger partial charge on any atom is -0.496 e. The van der Waals surface area contributed by atoms with Crippen molar-refractivity contribution in [3.05, 3.63) is 93.6 Å². The van der Waals surface area contributed by atoms with Crippen LogP contribution in [0, 0.1) is 6.92 Å². The number of methoxy groups -OCH3 is 3. The molecule has 0 atom stereocenters. The highest BCUT2D eigenvalue weighted by atomic mass is 35.5. The number of halogens is 1. The van der Waals surface area contributed by atoms with E-state index in [2.05, 4.69) is 18.9 Å². The van der Waals surface area contributed by atoms with Crippen molar-refractivity contribution in [1.29, 1.82) is 0 Å². The number of esters is 2. The molecule has 0 radical (unpaired) electrons. The van der Waals surface area contributed by atoms with Crippen molar-refractivity contribution in [2.24, 2.45) is 0 Å². The molecule has 4 aromatic rings. The first-order chi connectivity index (χ1) is 19.2. The Morgan fingerprint density at radius 2 is 1.62 bits per heavy atom. The molecule has 0 saturated carbocycles. The van der Waals surface area contributed by atoms with Crippen molar-refractivity contribution >= 4 is 23.5 Å². The average Bonchev–Trinajstić information content (AvgIpc) is 3.37. The van der Waals surface area contributed by atoms with Crippen LogP contribution in [0.5, 0.6) is 11.5 Å². The molecule has 0 bridgehead atoms. The van der Waals surface area contributed by atoms with E-state index in [-0.39, 0.29) is 29.5 Å². The molecule has 208 valence electrons. The highest BCUT2D eigenvalue weighted by Crippen LogP contribution is 2.35. The molecular weight excluding hydrogens is 532 g/mol. The number of aryl methyl sites for hydroxylation is 1. The summed E-state index contributed by atoms with van der Waals surface area (Å²) in [5.41, 5.74) is 3.96. The van der Waals surface area contributed by atoms with Gasteiger partial charge in [0.1, 0.15) is 29.4 Å². The normalized spacial score (nSPS) is 10.9. The van der Waals surface area contributed by atoms with Gasteiger partial charge in [0.25, 0.3) is 0 Å². The maximum atomic E-state index is 13.0. The van der Waals surface area contributed by atoms with E-state index in [0.717, 1.165) is 16.9 Å². The van der Waals surface area contributed by atoms with Crippen molar-refractivity contribution in [2.75, 3.05) is 21.3 Å². The van der Waals surface area contributed by atoms with Gasteiger partial charge in [-0.2, -0.15) is 5.10 Å². The number of carbonyl (C=O) groups is 2. The molecule has 0 aliphatic carbocycles. The van der Waals surface area contributed by atoms with Crippen LogP contribution in [0.15, 0.2) is 60.7 Å². The minimum absolute atomic E-state index is 0.00865. The lowest BCUT2D eigenvalue weighted by molar-refractivity contribution is 0.0549. The molecule has 1 heterocycles. The maximum absolute atomic E-state index is 13.0. The monoisotopic (exact) mass is 562 g/mol. The van der Waals surface area contributed by atoms with E-state index in [1.165, 1.54) is 18.9 Å². The topological polar surface area (TPSA) is 88.9 Å². The fourth-order valence-corrected chi connectivity index (χ4v) is 4.57. The van der Waals surface area contributed by atoms with Crippen LogP contribution in [-0.4, -0.2) is 43.0 Å². The second-order valence-corrected chi connectivity index (χ2v) is 9.82. The molecule has 0 fully saturated rings. The molecule has 1 aromatic heterocycles. The lowest BCUT2D eigenvalue weighted by Crippen LogP contribution is -2.15. The highest BCUT2D eigenvalue weighted by Gasteiger charge is 2.31. The van der Waals surface area contributed by atoms with E-state index in [0.29, 0.717) is 27.6 Å². The molecule has 0 saturated heterocycles. The number of para-hydroxylation sites is 1. The van der Waals surface area contributed by atoms with Gasteiger partial charge < -0.3 is 18.9 Å². The largest absolute Gasteiger partial charge is 0.496 e. The Morgan fingerprint density at radius 1 is 0.925 bits per heavy atom. The summed E-state index contributed by atoms with van der Waals surface area (Å²) in [6.45, 7) is 6.25. The summed E-state index contributed by atoms with van der Waals surface area (Å²) in [6, 6.07) is 18.2. The van der Waals surface area contributed by atoms with Gasteiger partial charge in [-0.05, 0) is 66.4 Å². The van der Waals surface area contributed by atoms with E-state index in [1.807, 2.05) is 43.3 Å². The summed E-state index contributed by atoms with van der Waals surface area (Å²) in [7, 11) is 4.07. The van der Waals surface area contributed by atoms with Crippen molar-refractivity contribution in [2.45, 2.75) is 33.3 Å². The van der Waals surface area contributed by atoms with Crippen LogP contribution < -0.4 is 9.47 Å². The van der Waals surface area contributed by atoms with Crippen molar-refractivity contribution in [1.82, 2.24) is 9.78 Å². The number of carbonyl (C=O) groups excluding carboxylic acids is 2. The van der Waals surface area contributed by atoms with Crippen LogP contribution in [0.3, 0.4) is 0 Å². The fraction of sp³-hybridized carbons (Fsp3) is 0.258. The van der Waals surface area contributed by atoms with Gasteiger partial charge in [0.2, 0.25) is 0 Å². The average molecular weight is 563 g/mol. The smallest absolute Gasteiger partial charge is 0.357 e. The van der Waals surface area contributed by atoms with Gasteiger partial charge in [-0.3, -0.25) is 0 Å². The first-order valence-electron chi connectivity index (χ1n) is 12.6. The van der Waals surface area contributed by atoms with Crippen molar-refractivity contribution < 1.29 is 28.5 Å². The van der Waals surface area contributed by atoms with E-state index in [9.17, 15) is 9.59 Å². The van der Waals surface area contributed by atoms with Crippen LogP contribution in [0.2, 0.25) is 5.02 Å². The predicted molar refractivity (Wildman–Crippen MR) is 153 cm³/mol. The molecule has 4 rings (SSSR count). The third-order valence-electron chi connectivity index (χ3n) is 6.50. The zero-order valence-electron chi connectivity index (χ0n) is 23.3. The zero-order valence-corrected chi connectivity index (χ0v) is 24.0. The summed E-state index contributed by atoms with van der Waals surface area (Å²) in [5, 5.41) is 5.36. The molecule has 40 heavy (non-hydrogen) atoms. The maximum Gasteiger partial charge on any atom is 0.357 e. The molecule has 0 unspecified atom stereocenters. The Labute approximate surface area is 238 Å². The molecule has 0 N–H and O–H groups in total. The first-order valence-corrected chi connectivity index (χ1v) is 13.0. The van der Waals surface area contributed by atoms with E-state index in [1.54, 1.807) is 31.4 Å². The lowest BCUT2D eigenvalue weighted by atomic mass is 10.0. The molecule has 0 aliphatic heterocycles. The quantitative estimate of drug-likeness (QED) is 0.208. The summed E-state index contributed by atoms with van der Waals surface area (Å²) >= 11 is 6.37.